The highest BCUT2D eigenvalue weighted by atomic mass is 16.5. The van der Waals surface area contributed by atoms with Gasteiger partial charge in [0.1, 0.15) is 0 Å². The van der Waals surface area contributed by atoms with E-state index >= 15 is 0 Å². The lowest BCUT2D eigenvalue weighted by Gasteiger charge is -2.33. The topological polar surface area (TPSA) is 9.23 Å². The molecule has 1 nitrogen and oxygen atoms in total. The summed E-state index contributed by atoms with van der Waals surface area (Å²) >= 11 is 0. The Morgan fingerprint density at radius 1 is 1.38 bits per heavy atom. The Labute approximate surface area is 101 Å². The van der Waals surface area contributed by atoms with Gasteiger partial charge in [0.15, 0.2) is 0 Å². The maximum atomic E-state index is 6.34. The third-order valence-electron chi connectivity index (χ3n) is 4.19. The Hall–Kier alpha value is -0.300. The molecular formula is C15H28O. The van der Waals surface area contributed by atoms with E-state index in [1.807, 2.05) is 0 Å². The first kappa shape index (κ1) is 13.8. The molecule has 1 fully saturated rings. The summed E-state index contributed by atoms with van der Waals surface area (Å²) in [6.45, 7) is 13.2. The minimum Gasteiger partial charge on any atom is -0.368 e. The Morgan fingerprint density at radius 2 is 2.00 bits per heavy atom. The molecule has 0 aromatic rings. The van der Waals surface area contributed by atoms with Crippen LogP contribution in [-0.4, -0.2) is 11.7 Å². The Kier molecular flexibility index (Phi) is 5.04. The van der Waals surface area contributed by atoms with Gasteiger partial charge in [-0.2, -0.15) is 0 Å². The summed E-state index contributed by atoms with van der Waals surface area (Å²) in [5.74, 6) is 0.780. The number of ether oxygens (including phenoxy) is 1. The van der Waals surface area contributed by atoms with Gasteiger partial charge in [-0.25, -0.2) is 0 Å². The van der Waals surface area contributed by atoms with Crippen molar-refractivity contribution in [3.8, 4) is 0 Å². The molecule has 2 unspecified atom stereocenters. The molecule has 0 radical (unpaired) electrons. The zero-order chi connectivity index (χ0) is 12.2. The van der Waals surface area contributed by atoms with Crippen LogP contribution in [0.1, 0.15) is 66.2 Å². The van der Waals surface area contributed by atoms with Gasteiger partial charge in [-0.3, -0.25) is 0 Å². The van der Waals surface area contributed by atoms with Crippen molar-refractivity contribution in [1.82, 2.24) is 0 Å². The van der Waals surface area contributed by atoms with Crippen LogP contribution in [0.25, 0.3) is 0 Å². The molecule has 1 aliphatic rings. The van der Waals surface area contributed by atoms with Crippen LogP contribution in [0.2, 0.25) is 0 Å². The molecule has 0 spiro atoms. The molecule has 16 heavy (non-hydrogen) atoms. The van der Waals surface area contributed by atoms with Gasteiger partial charge < -0.3 is 4.74 Å². The lowest BCUT2D eigenvalue weighted by atomic mass is 9.96. The van der Waals surface area contributed by atoms with Crippen molar-refractivity contribution in [2.24, 2.45) is 5.92 Å². The van der Waals surface area contributed by atoms with E-state index in [0.29, 0.717) is 6.10 Å². The molecule has 0 N–H and O–H groups in total. The van der Waals surface area contributed by atoms with E-state index in [-0.39, 0.29) is 5.60 Å². The van der Waals surface area contributed by atoms with Crippen LogP contribution in [0.4, 0.5) is 0 Å². The summed E-state index contributed by atoms with van der Waals surface area (Å²) in [5, 5.41) is 0. The van der Waals surface area contributed by atoms with Crippen molar-refractivity contribution in [3.05, 3.63) is 12.2 Å². The van der Waals surface area contributed by atoms with E-state index < -0.39 is 0 Å². The van der Waals surface area contributed by atoms with Crippen LogP contribution in [0, 0.1) is 5.92 Å². The molecular weight excluding hydrogens is 196 g/mol. The standard InChI is InChI=1S/C15H28O/c1-6-15(5,7-2)16-14-11-12(3)9-8-10-13(14)4/h12,14H,4,6-11H2,1-3,5H3. The molecule has 1 aliphatic carbocycles. The van der Waals surface area contributed by atoms with E-state index in [2.05, 4.69) is 34.3 Å². The summed E-state index contributed by atoms with van der Waals surface area (Å²) in [5.41, 5.74) is 1.36. The molecule has 94 valence electrons. The molecule has 0 aromatic heterocycles. The van der Waals surface area contributed by atoms with E-state index in [4.69, 9.17) is 4.74 Å². The van der Waals surface area contributed by atoms with Gasteiger partial charge >= 0.3 is 0 Å². The molecule has 1 heteroatoms. The first-order valence-electron chi connectivity index (χ1n) is 6.86. The summed E-state index contributed by atoms with van der Waals surface area (Å²) in [6.07, 6.45) is 7.39. The van der Waals surface area contributed by atoms with Gasteiger partial charge in [-0.15, -0.1) is 0 Å². The number of rotatable bonds is 4. The van der Waals surface area contributed by atoms with E-state index in [1.165, 1.54) is 18.4 Å². The highest BCUT2D eigenvalue weighted by molar-refractivity contribution is 5.05. The third kappa shape index (κ3) is 3.62. The molecule has 0 bridgehead atoms. The SMILES string of the molecule is C=C1CCCC(C)CC1OC(C)(CC)CC. The van der Waals surface area contributed by atoms with Crippen LogP contribution in [0.3, 0.4) is 0 Å². The van der Waals surface area contributed by atoms with Crippen LogP contribution in [0.5, 0.6) is 0 Å². The second kappa shape index (κ2) is 5.86. The molecule has 0 heterocycles. The van der Waals surface area contributed by atoms with Crippen LogP contribution < -0.4 is 0 Å². The second-order valence-electron chi connectivity index (χ2n) is 5.65. The highest BCUT2D eigenvalue weighted by Gasteiger charge is 2.28. The largest absolute Gasteiger partial charge is 0.368 e. The zero-order valence-corrected chi connectivity index (χ0v) is 11.5. The maximum Gasteiger partial charge on any atom is 0.0792 e. The van der Waals surface area contributed by atoms with Crippen LogP contribution in [-0.2, 0) is 4.74 Å². The van der Waals surface area contributed by atoms with Gasteiger partial charge in [0, 0.05) is 0 Å². The van der Waals surface area contributed by atoms with Gasteiger partial charge in [0.2, 0.25) is 0 Å². The lowest BCUT2D eigenvalue weighted by Crippen LogP contribution is -2.33. The van der Waals surface area contributed by atoms with Crippen molar-refractivity contribution < 1.29 is 4.74 Å². The van der Waals surface area contributed by atoms with Gasteiger partial charge in [0.25, 0.3) is 0 Å². The summed E-state index contributed by atoms with van der Waals surface area (Å²) in [6, 6.07) is 0. The van der Waals surface area contributed by atoms with E-state index in [0.717, 1.165) is 31.6 Å². The Bertz CT molecular complexity index is 228. The minimum absolute atomic E-state index is 0.0394. The average Bonchev–Trinajstić information content (AvgIpc) is 2.41. The molecule has 2 atom stereocenters. The quantitative estimate of drug-likeness (QED) is 0.496. The zero-order valence-electron chi connectivity index (χ0n) is 11.5. The van der Waals surface area contributed by atoms with E-state index in [1.54, 1.807) is 0 Å². The van der Waals surface area contributed by atoms with Crippen LogP contribution >= 0.6 is 0 Å². The maximum absolute atomic E-state index is 6.34. The first-order valence-corrected chi connectivity index (χ1v) is 6.86. The summed E-state index contributed by atoms with van der Waals surface area (Å²) in [4.78, 5) is 0. The van der Waals surface area contributed by atoms with Crippen molar-refractivity contribution in [1.29, 1.82) is 0 Å². The van der Waals surface area contributed by atoms with Crippen molar-refractivity contribution >= 4 is 0 Å². The third-order valence-corrected chi connectivity index (χ3v) is 4.19. The Morgan fingerprint density at radius 3 is 2.56 bits per heavy atom. The predicted octanol–water partition coefficient (Wildman–Crippen LogP) is 4.72. The average molecular weight is 224 g/mol. The highest BCUT2D eigenvalue weighted by Crippen LogP contribution is 2.32. The molecule has 0 aliphatic heterocycles. The fraction of sp³-hybridized carbons (Fsp3) is 0.867. The van der Waals surface area contributed by atoms with Crippen molar-refractivity contribution in [3.63, 3.8) is 0 Å². The normalized spacial score (nSPS) is 27.9. The smallest absolute Gasteiger partial charge is 0.0792 e. The van der Waals surface area contributed by atoms with Gasteiger partial charge in [0.05, 0.1) is 11.7 Å². The van der Waals surface area contributed by atoms with Crippen LogP contribution in [0.15, 0.2) is 12.2 Å². The molecule has 0 aromatic carbocycles. The minimum atomic E-state index is 0.0394. The Balaban J connectivity index is 2.65. The molecule has 1 saturated carbocycles. The van der Waals surface area contributed by atoms with Crippen molar-refractivity contribution in [2.45, 2.75) is 77.9 Å². The van der Waals surface area contributed by atoms with E-state index in [9.17, 15) is 0 Å². The lowest BCUT2D eigenvalue weighted by molar-refractivity contribution is -0.0784. The molecule has 0 amide bonds. The number of hydrogen-bond acceptors (Lipinski definition) is 1. The van der Waals surface area contributed by atoms with Gasteiger partial charge in [-0.05, 0) is 50.5 Å². The number of hydrogen-bond donors (Lipinski definition) is 0. The summed E-state index contributed by atoms with van der Waals surface area (Å²) < 4.78 is 6.34. The molecule has 1 rings (SSSR count). The molecule has 0 saturated heterocycles. The summed E-state index contributed by atoms with van der Waals surface area (Å²) in [7, 11) is 0. The second-order valence-corrected chi connectivity index (χ2v) is 5.65. The fourth-order valence-electron chi connectivity index (χ4n) is 2.38. The fourth-order valence-corrected chi connectivity index (χ4v) is 2.38. The first-order chi connectivity index (χ1) is 7.50. The predicted molar refractivity (Wildman–Crippen MR) is 70.6 cm³/mol. The van der Waals surface area contributed by atoms with Gasteiger partial charge in [-0.1, -0.05) is 33.8 Å². The monoisotopic (exact) mass is 224 g/mol. The van der Waals surface area contributed by atoms with Crippen molar-refractivity contribution in [2.75, 3.05) is 0 Å².